The van der Waals surface area contributed by atoms with E-state index in [-0.39, 0.29) is 11.7 Å². The lowest BCUT2D eigenvalue weighted by Gasteiger charge is -2.11. The van der Waals surface area contributed by atoms with E-state index in [4.69, 9.17) is 0 Å². The standard InChI is InChI=1S/C17H14FN3O/c18-15-8-6-13(7-9-15)17(22)20-16-5-2-1-4-14(16)12-21-11-3-10-19-21/h1-11H,12H2,(H,20,22). The summed E-state index contributed by atoms with van der Waals surface area (Å²) in [5, 5.41) is 7.02. The molecule has 1 amide bonds. The predicted molar refractivity (Wildman–Crippen MR) is 82.1 cm³/mol. The maximum Gasteiger partial charge on any atom is 0.255 e. The van der Waals surface area contributed by atoms with E-state index in [2.05, 4.69) is 10.4 Å². The monoisotopic (exact) mass is 295 g/mol. The van der Waals surface area contributed by atoms with Crippen LogP contribution in [0.1, 0.15) is 15.9 Å². The molecule has 110 valence electrons. The fourth-order valence-electron chi connectivity index (χ4n) is 2.14. The van der Waals surface area contributed by atoms with Crippen LogP contribution in [0.15, 0.2) is 67.0 Å². The van der Waals surface area contributed by atoms with E-state index in [1.807, 2.05) is 36.5 Å². The lowest BCUT2D eigenvalue weighted by Crippen LogP contribution is -2.14. The fraction of sp³-hybridized carbons (Fsp3) is 0.0588. The molecule has 3 rings (SSSR count). The molecular formula is C17H14FN3O. The largest absolute Gasteiger partial charge is 0.322 e. The van der Waals surface area contributed by atoms with E-state index in [1.165, 1.54) is 24.3 Å². The van der Waals surface area contributed by atoms with Crippen LogP contribution in [-0.2, 0) is 6.54 Å². The third-order valence-electron chi connectivity index (χ3n) is 3.26. The number of aromatic nitrogens is 2. The van der Waals surface area contributed by atoms with E-state index in [0.717, 1.165) is 5.56 Å². The van der Waals surface area contributed by atoms with Gasteiger partial charge in [0.1, 0.15) is 5.82 Å². The zero-order valence-corrected chi connectivity index (χ0v) is 11.7. The first kappa shape index (κ1) is 14.0. The summed E-state index contributed by atoms with van der Waals surface area (Å²) in [6.07, 6.45) is 3.57. The van der Waals surface area contributed by atoms with E-state index < -0.39 is 0 Å². The second-order valence-corrected chi connectivity index (χ2v) is 4.82. The van der Waals surface area contributed by atoms with Gasteiger partial charge in [-0.15, -0.1) is 0 Å². The molecule has 1 N–H and O–H groups in total. The van der Waals surface area contributed by atoms with Gasteiger partial charge in [-0.2, -0.15) is 5.10 Å². The number of carbonyl (C=O) groups is 1. The molecule has 0 atom stereocenters. The van der Waals surface area contributed by atoms with E-state index >= 15 is 0 Å². The van der Waals surface area contributed by atoms with Gasteiger partial charge in [0.25, 0.3) is 5.91 Å². The van der Waals surface area contributed by atoms with Gasteiger partial charge in [-0.1, -0.05) is 18.2 Å². The smallest absolute Gasteiger partial charge is 0.255 e. The van der Waals surface area contributed by atoms with Crippen LogP contribution in [0.4, 0.5) is 10.1 Å². The summed E-state index contributed by atoms with van der Waals surface area (Å²) in [4.78, 5) is 12.2. The Morgan fingerprint density at radius 1 is 1.09 bits per heavy atom. The van der Waals surface area contributed by atoms with Crippen molar-refractivity contribution in [1.29, 1.82) is 0 Å². The van der Waals surface area contributed by atoms with Crippen LogP contribution >= 0.6 is 0 Å². The molecule has 0 fully saturated rings. The highest BCUT2D eigenvalue weighted by Crippen LogP contribution is 2.17. The van der Waals surface area contributed by atoms with Crippen LogP contribution in [0.3, 0.4) is 0 Å². The third-order valence-corrected chi connectivity index (χ3v) is 3.26. The molecule has 0 bridgehead atoms. The zero-order valence-electron chi connectivity index (χ0n) is 11.7. The van der Waals surface area contributed by atoms with Crippen molar-refractivity contribution in [2.45, 2.75) is 6.54 Å². The van der Waals surface area contributed by atoms with Crippen molar-refractivity contribution in [3.63, 3.8) is 0 Å². The number of nitrogens with zero attached hydrogens (tertiary/aromatic N) is 2. The summed E-state index contributed by atoms with van der Waals surface area (Å²) >= 11 is 0. The van der Waals surface area contributed by atoms with Gasteiger partial charge in [-0.3, -0.25) is 9.48 Å². The predicted octanol–water partition coefficient (Wildman–Crippen LogP) is 3.32. The highest BCUT2D eigenvalue weighted by atomic mass is 19.1. The van der Waals surface area contributed by atoms with Crippen LogP contribution < -0.4 is 5.32 Å². The lowest BCUT2D eigenvalue weighted by molar-refractivity contribution is 0.102. The lowest BCUT2D eigenvalue weighted by atomic mass is 10.1. The second-order valence-electron chi connectivity index (χ2n) is 4.82. The number of nitrogens with one attached hydrogen (secondary N) is 1. The molecule has 1 aromatic heterocycles. The molecule has 2 aromatic carbocycles. The molecule has 0 spiro atoms. The average molecular weight is 295 g/mol. The van der Waals surface area contributed by atoms with Crippen molar-refractivity contribution in [2.24, 2.45) is 0 Å². The molecule has 0 aliphatic heterocycles. The number of anilines is 1. The Kier molecular flexibility index (Phi) is 3.96. The topological polar surface area (TPSA) is 46.9 Å². The number of hydrogen-bond acceptors (Lipinski definition) is 2. The number of para-hydroxylation sites is 1. The van der Waals surface area contributed by atoms with Crippen molar-refractivity contribution in [2.75, 3.05) is 5.32 Å². The molecule has 1 heterocycles. The number of halogens is 1. The Hall–Kier alpha value is -2.95. The highest BCUT2D eigenvalue weighted by Gasteiger charge is 2.09. The summed E-state index contributed by atoms with van der Waals surface area (Å²) in [6, 6.07) is 14.8. The van der Waals surface area contributed by atoms with Crippen LogP contribution in [-0.4, -0.2) is 15.7 Å². The number of hydrogen-bond donors (Lipinski definition) is 1. The van der Waals surface area contributed by atoms with Crippen LogP contribution in [0.5, 0.6) is 0 Å². The van der Waals surface area contributed by atoms with Gasteiger partial charge in [0.05, 0.1) is 6.54 Å². The van der Waals surface area contributed by atoms with Crippen molar-refractivity contribution in [1.82, 2.24) is 9.78 Å². The first-order valence-corrected chi connectivity index (χ1v) is 6.84. The zero-order chi connectivity index (χ0) is 15.4. The first-order chi connectivity index (χ1) is 10.7. The maximum atomic E-state index is 12.9. The molecular weight excluding hydrogens is 281 g/mol. The van der Waals surface area contributed by atoms with Crippen molar-refractivity contribution < 1.29 is 9.18 Å². The maximum absolute atomic E-state index is 12.9. The molecule has 0 saturated heterocycles. The summed E-state index contributed by atoms with van der Waals surface area (Å²) in [5.74, 6) is -0.636. The number of rotatable bonds is 4. The quantitative estimate of drug-likeness (QED) is 0.802. The van der Waals surface area contributed by atoms with Gasteiger partial charge in [0, 0.05) is 23.6 Å². The van der Waals surface area contributed by atoms with Crippen LogP contribution in [0.25, 0.3) is 0 Å². The van der Waals surface area contributed by atoms with E-state index in [9.17, 15) is 9.18 Å². The second kappa shape index (κ2) is 6.22. The molecule has 3 aromatic rings. The van der Waals surface area contributed by atoms with Crippen molar-refractivity contribution in [3.05, 3.63) is 83.9 Å². The van der Waals surface area contributed by atoms with Gasteiger partial charge >= 0.3 is 0 Å². The summed E-state index contributed by atoms with van der Waals surface area (Å²) in [7, 11) is 0. The minimum atomic E-state index is -0.365. The Labute approximate surface area is 127 Å². The minimum absolute atomic E-state index is 0.270. The molecule has 0 radical (unpaired) electrons. The van der Waals surface area contributed by atoms with Gasteiger partial charge in [0.2, 0.25) is 0 Å². The molecule has 22 heavy (non-hydrogen) atoms. The minimum Gasteiger partial charge on any atom is -0.322 e. The first-order valence-electron chi connectivity index (χ1n) is 6.84. The normalized spacial score (nSPS) is 10.4. The summed E-state index contributed by atoms with van der Waals surface area (Å²) < 4.78 is 14.7. The summed E-state index contributed by atoms with van der Waals surface area (Å²) in [6.45, 7) is 0.562. The Bertz CT molecular complexity index is 767. The number of benzene rings is 2. The molecule has 0 aliphatic carbocycles. The van der Waals surface area contributed by atoms with Gasteiger partial charge in [-0.25, -0.2) is 4.39 Å². The van der Waals surface area contributed by atoms with Crippen molar-refractivity contribution in [3.8, 4) is 0 Å². The molecule has 0 saturated carbocycles. The fourth-order valence-corrected chi connectivity index (χ4v) is 2.14. The van der Waals surface area contributed by atoms with Gasteiger partial charge < -0.3 is 5.32 Å². The number of carbonyl (C=O) groups excluding carboxylic acids is 1. The van der Waals surface area contributed by atoms with Crippen molar-refractivity contribution >= 4 is 11.6 Å². The highest BCUT2D eigenvalue weighted by molar-refractivity contribution is 6.04. The van der Waals surface area contributed by atoms with E-state index in [0.29, 0.717) is 17.8 Å². The Morgan fingerprint density at radius 2 is 1.86 bits per heavy atom. The molecule has 4 nitrogen and oxygen atoms in total. The Morgan fingerprint density at radius 3 is 2.59 bits per heavy atom. The molecule has 0 aliphatic rings. The number of amides is 1. The SMILES string of the molecule is O=C(Nc1ccccc1Cn1cccn1)c1ccc(F)cc1. The summed E-state index contributed by atoms with van der Waals surface area (Å²) in [5.41, 5.74) is 2.07. The average Bonchev–Trinajstić information content (AvgIpc) is 3.03. The van der Waals surface area contributed by atoms with Crippen LogP contribution in [0.2, 0.25) is 0 Å². The third kappa shape index (κ3) is 3.20. The van der Waals surface area contributed by atoms with Gasteiger partial charge in [-0.05, 0) is 42.0 Å². The molecule has 0 unspecified atom stereocenters. The van der Waals surface area contributed by atoms with Gasteiger partial charge in [0.15, 0.2) is 0 Å². The van der Waals surface area contributed by atoms with Crippen LogP contribution in [0, 0.1) is 5.82 Å². The Balaban J connectivity index is 1.80. The van der Waals surface area contributed by atoms with E-state index in [1.54, 1.807) is 10.9 Å². The molecule has 5 heteroatoms.